The molecule has 0 N–H and O–H groups in total. The van der Waals surface area contributed by atoms with Crippen molar-refractivity contribution >= 4 is 5.78 Å². The standard InChI is InChI=1S/C10H10O3/c1-7-8(11)4-6-13-10(7)9-3-2-5-12-9/h2-7,10H,1H3/t7-,10+/m0/s1. The Morgan fingerprint density at radius 1 is 1.46 bits per heavy atom. The molecule has 13 heavy (non-hydrogen) atoms. The molecule has 0 bridgehead atoms. The zero-order valence-electron chi connectivity index (χ0n) is 7.27. The Kier molecular flexibility index (Phi) is 1.93. The summed E-state index contributed by atoms with van der Waals surface area (Å²) >= 11 is 0. The van der Waals surface area contributed by atoms with Gasteiger partial charge in [-0.3, -0.25) is 4.79 Å². The van der Waals surface area contributed by atoms with Gasteiger partial charge in [0, 0.05) is 6.08 Å². The van der Waals surface area contributed by atoms with Crippen molar-refractivity contribution in [1.82, 2.24) is 0 Å². The van der Waals surface area contributed by atoms with E-state index in [-0.39, 0.29) is 17.8 Å². The highest BCUT2D eigenvalue weighted by molar-refractivity contribution is 5.92. The van der Waals surface area contributed by atoms with Gasteiger partial charge in [0.1, 0.15) is 5.76 Å². The average molecular weight is 178 g/mol. The summed E-state index contributed by atoms with van der Waals surface area (Å²) in [6.45, 7) is 1.83. The summed E-state index contributed by atoms with van der Waals surface area (Å²) in [6.07, 6.45) is 4.18. The van der Waals surface area contributed by atoms with Crippen molar-refractivity contribution in [3.05, 3.63) is 36.5 Å². The molecule has 0 aromatic carbocycles. The van der Waals surface area contributed by atoms with Gasteiger partial charge in [0.15, 0.2) is 11.9 Å². The van der Waals surface area contributed by atoms with E-state index >= 15 is 0 Å². The smallest absolute Gasteiger partial charge is 0.165 e. The van der Waals surface area contributed by atoms with Gasteiger partial charge in [0.25, 0.3) is 0 Å². The number of carbonyl (C=O) groups excluding carboxylic acids is 1. The van der Waals surface area contributed by atoms with Crippen molar-refractivity contribution in [3.63, 3.8) is 0 Å². The summed E-state index contributed by atoms with van der Waals surface area (Å²) in [5.74, 6) is 0.606. The molecule has 1 aliphatic heterocycles. The Labute approximate surface area is 76.0 Å². The molecular weight excluding hydrogens is 168 g/mol. The maximum absolute atomic E-state index is 11.3. The molecular formula is C10H10O3. The maximum atomic E-state index is 11.3. The van der Waals surface area contributed by atoms with Crippen LogP contribution in [-0.4, -0.2) is 5.78 Å². The molecule has 1 aliphatic rings. The lowest BCUT2D eigenvalue weighted by Gasteiger charge is -2.22. The highest BCUT2D eigenvalue weighted by Crippen LogP contribution is 2.30. The third-order valence-corrected chi connectivity index (χ3v) is 2.18. The number of ether oxygens (including phenoxy) is 1. The van der Waals surface area contributed by atoms with Gasteiger partial charge in [-0.05, 0) is 12.1 Å². The minimum absolute atomic E-state index is 0.0765. The molecule has 3 heteroatoms. The molecule has 0 radical (unpaired) electrons. The van der Waals surface area contributed by atoms with Gasteiger partial charge in [0.05, 0.1) is 18.4 Å². The predicted octanol–water partition coefficient (Wildman–Crippen LogP) is 2.07. The van der Waals surface area contributed by atoms with Crippen LogP contribution in [0.5, 0.6) is 0 Å². The van der Waals surface area contributed by atoms with Gasteiger partial charge in [0.2, 0.25) is 0 Å². The molecule has 2 heterocycles. The van der Waals surface area contributed by atoms with Crippen LogP contribution in [0.4, 0.5) is 0 Å². The second-order valence-electron chi connectivity index (χ2n) is 3.07. The molecule has 1 aromatic heterocycles. The van der Waals surface area contributed by atoms with Crippen LogP contribution in [0.25, 0.3) is 0 Å². The van der Waals surface area contributed by atoms with Crippen molar-refractivity contribution in [2.45, 2.75) is 13.0 Å². The van der Waals surface area contributed by atoms with Crippen molar-refractivity contribution < 1.29 is 13.9 Å². The number of ketones is 1. The van der Waals surface area contributed by atoms with Crippen LogP contribution in [0.2, 0.25) is 0 Å². The Balaban J connectivity index is 2.26. The van der Waals surface area contributed by atoms with Crippen LogP contribution in [0.15, 0.2) is 35.2 Å². The number of hydrogen-bond donors (Lipinski definition) is 0. The van der Waals surface area contributed by atoms with E-state index in [1.54, 1.807) is 12.3 Å². The average Bonchev–Trinajstić information content (AvgIpc) is 2.62. The summed E-state index contributed by atoms with van der Waals surface area (Å²) in [6, 6.07) is 3.60. The van der Waals surface area contributed by atoms with E-state index in [1.807, 2.05) is 13.0 Å². The largest absolute Gasteiger partial charge is 0.489 e. The van der Waals surface area contributed by atoms with E-state index in [4.69, 9.17) is 9.15 Å². The van der Waals surface area contributed by atoms with Gasteiger partial charge in [-0.1, -0.05) is 6.92 Å². The monoisotopic (exact) mass is 178 g/mol. The molecule has 1 aromatic rings. The highest BCUT2D eigenvalue weighted by Gasteiger charge is 2.29. The lowest BCUT2D eigenvalue weighted by molar-refractivity contribution is -0.123. The summed E-state index contributed by atoms with van der Waals surface area (Å²) in [5.41, 5.74) is 0. The second-order valence-corrected chi connectivity index (χ2v) is 3.07. The molecule has 0 saturated heterocycles. The number of rotatable bonds is 1. The molecule has 0 spiro atoms. The third kappa shape index (κ3) is 1.37. The highest BCUT2D eigenvalue weighted by atomic mass is 16.5. The molecule has 0 fully saturated rings. The molecule has 68 valence electrons. The molecule has 0 amide bonds. The first-order valence-corrected chi connectivity index (χ1v) is 4.18. The van der Waals surface area contributed by atoms with Crippen molar-refractivity contribution in [1.29, 1.82) is 0 Å². The predicted molar refractivity (Wildman–Crippen MR) is 45.8 cm³/mol. The maximum Gasteiger partial charge on any atom is 0.165 e. The Bertz CT molecular complexity index is 324. The number of carbonyl (C=O) groups is 1. The number of allylic oxidation sites excluding steroid dienone is 1. The molecule has 0 aliphatic carbocycles. The van der Waals surface area contributed by atoms with Crippen LogP contribution in [-0.2, 0) is 9.53 Å². The Hall–Kier alpha value is -1.51. The first kappa shape index (κ1) is 8.10. The van der Waals surface area contributed by atoms with E-state index in [0.717, 1.165) is 0 Å². The fraction of sp³-hybridized carbons (Fsp3) is 0.300. The minimum Gasteiger partial charge on any atom is -0.489 e. The van der Waals surface area contributed by atoms with Crippen molar-refractivity contribution in [2.24, 2.45) is 5.92 Å². The van der Waals surface area contributed by atoms with Crippen molar-refractivity contribution in [2.75, 3.05) is 0 Å². The van der Waals surface area contributed by atoms with Crippen LogP contribution >= 0.6 is 0 Å². The first-order chi connectivity index (χ1) is 6.29. The van der Waals surface area contributed by atoms with Gasteiger partial charge >= 0.3 is 0 Å². The molecule has 0 saturated carbocycles. The lowest BCUT2D eigenvalue weighted by Crippen LogP contribution is -2.22. The molecule has 3 nitrogen and oxygen atoms in total. The Morgan fingerprint density at radius 2 is 2.31 bits per heavy atom. The van der Waals surface area contributed by atoms with Crippen LogP contribution in [0, 0.1) is 5.92 Å². The van der Waals surface area contributed by atoms with Crippen LogP contribution in [0.3, 0.4) is 0 Å². The quantitative estimate of drug-likeness (QED) is 0.660. The summed E-state index contributed by atoms with van der Waals surface area (Å²) in [5, 5.41) is 0. The molecule has 2 atom stereocenters. The SMILES string of the molecule is C[C@H]1C(=O)C=CO[C@H]1c1ccco1. The number of hydrogen-bond acceptors (Lipinski definition) is 3. The fourth-order valence-corrected chi connectivity index (χ4v) is 1.38. The molecule has 0 unspecified atom stereocenters. The summed E-state index contributed by atoms with van der Waals surface area (Å²) in [4.78, 5) is 11.3. The topological polar surface area (TPSA) is 39.4 Å². The normalized spacial score (nSPS) is 27.3. The Morgan fingerprint density at radius 3 is 3.00 bits per heavy atom. The zero-order valence-corrected chi connectivity index (χ0v) is 7.27. The van der Waals surface area contributed by atoms with Gasteiger partial charge < -0.3 is 9.15 Å². The zero-order chi connectivity index (χ0) is 9.26. The lowest BCUT2D eigenvalue weighted by atomic mass is 9.96. The van der Waals surface area contributed by atoms with E-state index in [2.05, 4.69) is 0 Å². The van der Waals surface area contributed by atoms with E-state index in [0.29, 0.717) is 5.76 Å². The van der Waals surface area contributed by atoms with E-state index in [9.17, 15) is 4.79 Å². The second kappa shape index (κ2) is 3.09. The third-order valence-electron chi connectivity index (χ3n) is 2.18. The van der Waals surface area contributed by atoms with E-state index in [1.165, 1.54) is 12.3 Å². The number of furan rings is 1. The minimum atomic E-state index is -0.271. The summed E-state index contributed by atoms with van der Waals surface area (Å²) < 4.78 is 10.5. The molecule has 2 rings (SSSR count). The van der Waals surface area contributed by atoms with Gasteiger partial charge in [-0.15, -0.1) is 0 Å². The summed E-state index contributed by atoms with van der Waals surface area (Å²) in [7, 11) is 0. The fourth-order valence-electron chi connectivity index (χ4n) is 1.38. The van der Waals surface area contributed by atoms with Crippen molar-refractivity contribution in [3.8, 4) is 0 Å². The van der Waals surface area contributed by atoms with E-state index < -0.39 is 0 Å². The van der Waals surface area contributed by atoms with Crippen LogP contribution in [0.1, 0.15) is 18.8 Å². The van der Waals surface area contributed by atoms with Gasteiger partial charge in [-0.25, -0.2) is 0 Å². The first-order valence-electron chi connectivity index (χ1n) is 4.18. The van der Waals surface area contributed by atoms with Crippen LogP contribution < -0.4 is 0 Å². The van der Waals surface area contributed by atoms with Gasteiger partial charge in [-0.2, -0.15) is 0 Å².